The molecule has 1 aliphatic carbocycles. The summed E-state index contributed by atoms with van der Waals surface area (Å²) in [4.78, 5) is 2.85. The maximum absolute atomic E-state index is 3.64. The predicted octanol–water partition coefficient (Wildman–Crippen LogP) is 3.42. The number of nitrogens with one attached hydrogen (secondary N) is 1. The van der Waals surface area contributed by atoms with Gasteiger partial charge in [-0.25, -0.2) is 0 Å². The second-order valence-electron chi connectivity index (χ2n) is 6.62. The van der Waals surface area contributed by atoms with Gasteiger partial charge >= 0.3 is 0 Å². The van der Waals surface area contributed by atoms with Crippen LogP contribution in [0.4, 0.5) is 0 Å². The molecule has 0 aromatic rings. The maximum Gasteiger partial charge on any atom is 0.0221 e. The first-order valence-corrected chi connectivity index (χ1v) is 8.21. The molecular formula is C16H32N2. The second kappa shape index (κ2) is 6.91. The molecule has 0 aromatic carbocycles. The van der Waals surface area contributed by atoms with Crippen LogP contribution in [0.3, 0.4) is 0 Å². The molecule has 1 saturated carbocycles. The molecule has 2 atom stereocenters. The van der Waals surface area contributed by atoms with E-state index in [2.05, 4.69) is 31.0 Å². The minimum Gasteiger partial charge on any atom is -0.313 e. The van der Waals surface area contributed by atoms with Crippen LogP contribution in [0.2, 0.25) is 0 Å². The molecule has 1 aliphatic heterocycles. The molecule has 1 N–H and O–H groups in total. The lowest BCUT2D eigenvalue weighted by Gasteiger charge is -2.36. The Hall–Kier alpha value is -0.0800. The van der Waals surface area contributed by atoms with E-state index in [0.717, 1.165) is 18.0 Å². The van der Waals surface area contributed by atoms with Gasteiger partial charge in [-0.1, -0.05) is 33.6 Å². The van der Waals surface area contributed by atoms with E-state index >= 15 is 0 Å². The second-order valence-corrected chi connectivity index (χ2v) is 6.62. The predicted molar refractivity (Wildman–Crippen MR) is 78.9 cm³/mol. The van der Waals surface area contributed by atoms with Gasteiger partial charge in [-0.2, -0.15) is 0 Å². The van der Waals surface area contributed by atoms with Gasteiger partial charge in [-0.3, -0.25) is 4.90 Å². The van der Waals surface area contributed by atoms with Crippen molar-refractivity contribution in [1.82, 2.24) is 10.2 Å². The summed E-state index contributed by atoms with van der Waals surface area (Å²) < 4.78 is 0. The molecule has 0 amide bonds. The zero-order valence-corrected chi connectivity index (χ0v) is 12.6. The monoisotopic (exact) mass is 252 g/mol. The van der Waals surface area contributed by atoms with Crippen LogP contribution in [0.25, 0.3) is 0 Å². The largest absolute Gasteiger partial charge is 0.313 e. The van der Waals surface area contributed by atoms with Gasteiger partial charge in [0, 0.05) is 24.7 Å². The topological polar surface area (TPSA) is 15.3 Å². The summed E-state index contributed by atoms with van der Waals surface area (Å²) in [6.07, 6.45) is 10.1. The van der Waals surface area contributed by atoms with Gasteiger partial charge < -0.3 is 5.32 Å². The van der Waals surface area contributed by atoms with Crippen LogP contribution >= 0.6 is 0 Å². The van der Waals surface area contributed by atoms with Crippen molar-refractivity contribution in [3.05, 3.63) is 0 Å². The van der Waals surface area contributed by atoms with Crippen molar-refractivity contribution in [2.45, 2.75) is 83.8 Å². The van der Waals surface area contributed by atoms with E-state index in [1.807, 2.05) is 0 Å². The molecular weight excluding hydrogens is 220 g/mol. The van der Waals surface area contributed by atoms with Crippen molar-refractivity contribution in [3.8, 4) is 0 Å². The first-order chi connectivity index (χ1) is 8.72. The normalized spacial score (nSPS) is 28.3. The summed E-state index contributed by atoms with van der Waals surface area (Å²) in [5.74, 6) is 1.01. The Morgan fingerprint density at radius 1 is 1.11 bits per heavy atom. The zero-order valence-electron chi connectivity index (χ0n) is 12.6. The molecule has 2 rings (SSSR count). The summed E-state index contributed by atoms with van der Waals surface area (Å²) in [5, 5.41) is 3.64. The number of rotatable bonds is 6. The van der Waals surface area contributed by atoms with Crippen LogP contribution in [-0.4, -0.2) is 36.1 Å². The zero-order chi connectivity index (χ0) is 13.0. The van der Waals surface area contributed by atoms with Gasteiger partial charge in [0.1, 0.15) is 0 Å². The Bertz CT molecular complexity index is 233. The number of hydrogen-bond donors (Lipinski definition) is 1. The van der Waals surface area contributed by atoms with E-state index in [9.17, 15) is 0 Å². The fourth-order valence-corrected chi connectivity index (χ4v) is 3.98. The smallest absolute Gasteiger partial charge is 0.0221 e. The Morgan fingerprint density at radius 2 is 1.83 bits per heavy atom. The summed E-state index contributed by atoms with van der Waals surface area (Å²) in [6.45, 7) is 9.39. The summed E-state index contributed by atoms with van der Waals surface area (Å²) in [6, 6.07) is 2.29. The average Bonchev–Trinajstić information content (AvgIpc) is 2.99. The summed E-state index contributed by atoms with van der Waals surface area (Å²) in [7, 11) is 0. The molecule has 0 bridgehead atoms. The third kappa shape index (κ3) is 3.48. The fourth-order valence-electron chi connectivity index (χ4n) is 3.98. The fraction of sp³-hybridized carbons (Fsp3) is 1.00. The Labute approximate surface area is 114 Å². The van der Waals surface area contributed by atoms with Crippen LogP contribution in [0.15, 0.2) is 0 Å². The molecule has 0 spiro atoms. The lowest BCUT2D eigenvalue weighted by molar-refractivity contribution is 0.127. The average molecular weight is 252 g/mol. The molecule has 1 saturated heterocycles. The van der Waals surface area contributed by atoms with Crippen molar-refractivity contribution in [2.75, 3.05) is 13.1 Å². The van der Waals surface area contributed by atoms with Gasteiger partial charge in [0.2, 0.25) is 0 Å². The molecule has 18 heavy (non-hydrogen) atoms. The Balaban J connectivity index is 1.90. The summed E-state index contributed by atoms with van der Waals surface area (Å²) in [5.41, 5.74) is 0. The molecule has 2 nitrogen and oxygen atoms in total. The van der Waals surface area contributed by atoms with Crippen molar-refractivity contribution in [3.63, 3.8) is 0 Å². The first kappa shape index (κ1) is 14.3. The highest BCUT2D eigenvalue weighted by molar-refractivity contribution is 4.91. The lowest BCUT2D eigenvalue weighted by Crippen LogP contribution is -2.47. The van der Waals surface area contributed by atoms with Crippen LogP contribution < -0.4 is 5.32 Å². The minimum absolute atomic E-state index is 0.617. The molecule has 1 heterocycles. The molecule has 0 radical (unpaired) electrons. The van der Waals surface area contributed by atoms with E-state index in [0.29, 0.717) is 6.04 Å². The van der Waals surface area contributed by atoms with Crippen molar-refractivity contribution in [2.24, 2.45) is 5.92 Å². The minimum atomic E-state index is 0.617. The standard InChI is InChI=1S/C16H32N2/c1-4-15(12-17-13(2)3)18-11-7-10-16(18)14-8-5-6-9-14/h13-17H,4-12H2,1-3H3. The van der Waals surface area contributed by atoms with Gasteiger partial charge in [0.05, 0.1) is 0 Å². The molecule has 106 valence electrons. The number of hydrogen-bond acceptors (Lipinski definition) is 2. The van der Waals surface area contributed by atoms with Crippen molar-refractivity contribution >= 4 is 0 Å². The summed E-state index contributed by atoms with van der Waals surface area (Å²) >= 11 is 0. The van der Waals surface area contributed by atoms with Crippen LogP contribution in [0.5, 0.6) is 0 Å². The third-order valence-electron chi connectivity index (χ3n) is 4.99. The van der Waals surface area contributed by atoms with E-state index in [-0.39, 0.29) is 0 Å². The van der Waals surface area contributed by atoms with Gasteiger partial charge in [-0.15, -0.1) is 0 Å². The molecule has 2 aliphatic rings. The maximum atomic E-state index is 3.64. The van der Waals surface area contributed by atoms with E-state index in [1.165, 1.54) is 58.0 Å². The number of nitrogens with zero attached hydrogens (tertiary/aromatic N) is 1. The van der Waals surface area contributed by atoms with Crippen LogP contribution in [0, 0.1) is 5.92 Å². The van der Waals surface area contributed by atoms with Gasteiger partial charge in [-0.05, 0) is 44.6 Å². The van der Waals surface area contributed by atoms with Crippen molar-refractivity contribution < 1.29 is 0 Å². The molecule has 2 heteroatoms. The Kier molecular flexibility index (Phi) is 5.50. The third-order valence-corrected chi connectivity index (χ3v) is 4.99. The molecule has 0 aromatic heterocycles. The van der Waals surface area contributed by atoms with E-state index in [1.54, 1.807) is 0 Å². The van der Waals surface area contributed by atoms with E-state index in [4.69, 9.17) is 0 Å². The van der Waals surface area contributed by atoms with Crippen LogP contribution in [-0.2, 0) is 0 Å². The number of likely N-dealkylation sites (tertiary alicyclic amines) is 1. The Morgan fingerprint density at radius 3 is 2.44 bits per heavy atom. The molecule has 2 fully saturated rings. The highest BCUT2D eigenvalue weighted by Crippen LogP contribution is 2.36. The lowest BCUT2D eigenvalue weighted by atomic mass is 9.95. The first-order valence-electron chi connectivity index (χ1n) is 8.21. The van der Waals surface area contributed by atoms with Crippen LogP contribution in [0.1, 0.15) is 65.7 Å². The quantitative estimate of drug-likeness (QED) is 0.779. The molecule has 2 unspecified atom stereocenters. The highest BCUT2D eigenvalue weighted by Gasteiger charge is 2.36. The van der Waals surface area contributed by atoms with Crippen molar-refractivity contribution in [1.29, 1.82) is 0 Å². The SMILES string of the molecule is CCC(CNC(C)C)N1CCCC1C1CCCC1. The van der Waals surface area contributed by atoms with E-state index < -0.39 is 0 Å². The van der Waals surface area contributed by atoms with Gasteiger partial charge in [0.15, 0.2) is 0 Å². The highest BCUT2D eigenvalue weighted by atomic mass is 15.2. The van der Waals surface area contributed by atoms with Gasteiger partial charge in [0.25, 0.3) is 0 Å².